The van der Waals surface area contributed by atoms with Gasteiger partial charge >= 0.3 is 5.97 Å². The standard InChI is InChI=1S/C13H14N2O6/c1-3-21-13(18)8(2)11(16)14-12(17)9-4-6-10(7-5-9)15(19)20/h4-8H,3H2,1-2H3,(H,14,16,17)/t8-/m1/s1. The van der Waals surface area contributed by atoms with Gasteiger partial charge in [-0.2, -0.15) is 0 Å². The molecule has 0 aliphatic rings. The second-order valence-corrected chi connectivity index (χ2v) is 4.10. The maximum atomic E-state index is 11.8. The Hall–Kier alpha value is -2.77. The molecule has 1 aromatic rings. The van der Waals surface area contributed by atoms with Crippen molar-refractivity contribution >= 4 is 23.5 Å². The Morgan fingerprint density at radius 3 is 2.33 bits per heavy atom. The number of ether oxygens (including phenoxy) is 1. The molecule has 0 unspecified atom stereocenters. The number of nitro benzene ring substituents is 1. The van der Waals surface area contributed by atoms with Gasteiger partial charge in [0.2, 0.25) is 5.91 Å². The van der Waals surface area contributed by atoms with Crippen LogP contribution in [0.1, 0.15) is 24.2 Å². The first-order chi connectivity index (χ1) is 9.86. The lowest BCUT2D eigenvalue weighted by Crippen LogP contribution is -2.38. The van der Waals surface area contributed by atoms with E-state index in [9.17, 15) is 24.5 Å². The number of non-ortho nitro benzene ring substituents is 1. The predicted octanol–water partition coefficient (Wildman–Crippen LogP) is 1.05. The lowest BCUT2D eigenvalue weighted by molar-refractivity contribution is -0.384. The van der Waals surface area contributed by atoms with Crippen LogP contribution in [0.4, 0.5) is 5.69 Å². The fraction of sp³-hybridized carbons (Fsp3) is 0.308. The molecule has 0 saturated carbocycles. The van der Waals surface area contributed by atoms with E-state index in [1.807, 2.05) is 5.32 Å². The molecule has 0 aliphatic carbocycles. The molecule has 0 radical (unpaired) electrons. The molecule has 0 heterocycles. The molecule has 21 heavy (non-hydrogen) atoms. The normalized spacial score (nSPS) is 11.3. The number of carbonyl (C=O) groups excluding carboxylic acids is 3. The van der Waals surface area contributed by atoms with Crippen LogP contribution in [0.25, 0.3) is 0 Å². The average Bonchev–Trinajstić information content (AvgIpc) is 2.46. The zero-order chi connectivity index (χ0) is 16.0. The summed E-state index contributed by atoms with van der Waals surface area (Å²) in [7, 11) is 0. The number of nitrogens with zero attached hydrogens (tertiary/aromatic N) is 1. The molecule has 112 valence electrons. The molecule has 0 bridgehead atoms. The number of amides is 2. The molecular weight excluding hydrogens is 280 g/mol. The van der Waals surface area contributed by atoms with Crippen molar-refractivity contribution in [2.24, 2.45) is 5.92 Å². The van der Waals surface area contributed by atoms with E-state index >= 15 is 0 Å². The third kappa shape index (κ3) is 4.37. The molecule has 1 atom stereocenters. The van der Waals surface area contributed by atoms with Gasteiger partial charge in [-0.3, -0.25) is 29.8 Å². The molecule has 8 heteroatoms. The molecule has 0 saturated heterocycles. The van der Waals surface area contributed by atoms with E-state index in [1.165, 1.54) is 19.1 Å². The highest BCUT2D eigenvalue weighted by Gasteiger charge is 2.24. The lowest BCUT2D eigenvalue weighted by Gasteiger charge is -2.10. The van der Waals surface area contributed by atoms with Gasteiger partial charge in [-0.25, -0.2) is 0 Å². The highest BCUT2D eigenvalue weighted by Crippen LogP contribution is 2.12. The van der Waals surface area contributed by atoms with Gasteiger partial charge in [-0.05, 0) is 26.0 Å². The van der Waals surface area contributed by atoms with Crippen molar-refractivity contribution in [2.45, 2.75) is 13.8 Å². The van der Waals surface area contributed by atoms with Crippen molar-refractivity contribution < 1.29 is 24.0 Å². The van der Waals surface area contributed by atoms with Crippen LogP contribution in [0.15, 0.2) is 24.3 Å². The van der Waals surface area contributed by atoms with Crippen molar-refractivity contribution in [3.8, 4) is 0 Å². The molecule has 8 nitrogen and oxygen atoms in total. The summed E-state index contributed by atoms with van der Waals surface area (Å²) in [5, 5.41) is 12.5. The molecule has 1 aromatic carbocycles. The van der Waals surface area contributed by atoms with Crippen LogP contribution >= 0.6 is 0 Å². The van der Waals surface area contributed by atoms with Gasteiger partial charge in [0, 0.05) is 17.7 Å². The van der Waals surface area contributed by atoms with Crippen LogP contribution in [0.2, 0.25) is 0 Å². The monoisotopic (exact) mass is 294 g/mol. The number of benzene rings is 1. The van der Waals surface area contributed by atoms with E-state index in [0.717, 1.165) is 12.1 Å². The smallest absolute Gasteiger partial charge is 0.318 e. The molecule has 0 aromatic heterocycles. The van der Waals surface area contributed by atoms with E-state index in [2.05, 4.69) is 4.74 Å². The zero-order valence-electron chi connectivity index (χ0n) is 11.5. The molecule has 2 amide bonds. The first-order valence-corrected chi connectivity index (χ1v) is 6.13. The van der Waals surface area contributed by atoms with E-state index < -0.39 is 28.6 Å². The lowest BCUT2D eigenvalue weighted by atomic mass is 10.1. The van der Waals surface area contributed by atoms with Crippen molar-refractivity contribution in [1.29, 1.82) is 0 Å². The first kappa shape index (κ1) is 16.3. The van der Waals surface area contributed by atoms with Crippen LogP contribution < -0.4 is 5.32 Å². The number of imide groups is 1. The van der Waals surface area contributed by atoms with Crippen LogP contribution in [0.5, 0.6) is 0 Å². The Morgan fingerprint density at radius 1 is 1.29 bits per heavy atom. The zero-order valence-corrected chi connectivity index (χ0v) is 11.5. The largest absolute Gasteiger partial charge is 0.465 e. The maximum Gasteiger partial charge on any atom is 0.318 e. The van der Waals surface area contributed by atoms with Crippen molar-refractivity contribution in [3.05, 3.63) is 39.9 Å². The Labute approximate surface area is 120 Å². The minimum Gasteiger partial charge on any atom is -0.465 e. The molecule has 0 fully saturated rings. The van der Waals surface area contributed by atoms with Gasteiger partial charge in [0.05, 0.1) is 11.5 Å². The van der Waals surface area contributed by atoms with E-state index in [4.69, 9.17) is 0 Å². The summed E-state index contributed by atoms with van der Waals surface area (Å²) in [6.07, 6.45) is 0. The average molecular weight is 294 g/mol. The van der Waals surface area contributed by atoms with Gasteiger partial charge in [-0.1, -0.05) is 0 Å². The van der Waals surface area contributed by atoms with Crippen molar-refractivity contribution in [2.75, 3.05) is 6.61 Å². The number of carbonyl (C=O) groups is 3. The predicted molar refractivity (Wildman–Crippen MR) is 71.4 cm³/mol. The molecular formula is C13H14N2O6. The fourth-order valence-electron chi connectivity index (χ4n) is 1.40. The number of nitrogens with one attached hydrogen (secondary N) is 1. The van der Waals surface area contributed by atoms with Gasteiger partial charge in [0.1, 0.15) is 5.92 Å². The Bertz CT molecular complexity index is 567. The van der Waals surface area contributed by atoms with Gasteiger partial charge in [-0.15, -0.1) is 0 Å². The number of esters is 1. The molecule has 0 aliphatic heterocycles. The second kappa shape index (κ2) is 7.13. The second-order valence-electron chi connectivity index (χ2n) is 4.10. The van der Waals surface area contributed by atoms with Crippen LogP contribution in [-0.2, 0) is 14.3 Å². The third-order valence-electron chi connectivity index (χ3n) is 2.61. The summed E-state index contributed by atoms with van der Waals surface area (Å²) >= 11 is 0. The minimum atomic E-state index is -1.12. The SMILES string of the molecule is CCOC(=O)[C@H](C)C(=O)NC(=O)c1ccc([N+](=O)[O-])cc1. The van der Waals surface area contributed by atoms with Crippen LogP contribution in [0, 0.1) is 16.0 Å². The summed E-state index contributed by atoms with van der Waals surface area (Å²) in [6, 6.07) is 4.73. The summed E-state index contributed by atoms with van der Waals surface area (Å²) < 4.78 is 4.67. The topological polar surface area (TPSA) is 116 Å². The van der Waals surface area contributed by atoms with E-state index in [-0.39, 0.29) is 17.9 Å². The number of hydrogen-bond acceptors (Lipinski definition) is 6. The molecule has 1 N–H and O–H groups in total. The number of rotatable bonds is 5. The Balaban J connectivity index is 2.70. The van der Waals surface area contributed by atoms with Gasteiger partial charge < -0.3 is 4.74 Å². The summed E-state index contributed by atoms with van der Waals surface area (Å²) in [6.45, 7) is 3.05. The molecule has 0 spiro atoms. The maximum absolute atomic E-state index is 11.8. The Kier molecular flexibility index (Phi) is 5.53. The first-order valence-electron chi connectivity index (χ1n) is 6.13. The highest BCUT2D eigenvalue weighted by atomic mass is 16.6. The third-order valence-corrected chi connectivity index (χ3v) is 2.61. The van der Waals surface area contributed by atoms with E-state index in [1.54, 1.807) is 6.92 Å². The van der Waals surface area contributed by atoms with Crippen LogP contribution in [-0.4, -0.2) is 29.3 Å². The fourth-order valence-corrected chi connectivity index (χ4v) is 1.40. The van der Waals surface area contributed by atoms with Crippen molar-refractivity contribution in [1.82, 2.24) is 5.32 Å². The highest BCUT2D eigenvalue weighted by molar-refractivity contribution is 6.09. The quantitative estimate of drug-likeness (QED) is 0.375. The summed E-state index contributed by atoms with van der Waals surface area (Å²) in [5.74, 6) is -3.39. The van der Waals surface area contributed by atoms with Gasteiger partial charge in [0.15, 0.2) is 0 Å². The van der Waals surface area contributed by atoms with Crippen molar-refractivity contribution in [3.63, 3.8) is 0 Å². The van der Waals surface area contributed by atoms with Crippen LogP contribution in [0.3, 0.4) is 0 Å². The Morgan fingerprint density at radius 2 is 1.86 bits per heavy atom. The number of hydrogen-bond donors (Lipinski definition) is 1. The summed E-state index contributed by atoms with van der Waals surface area (Å²) in [5.41, 5.74) is -0.0947. The van der Waals surface area contributed by atoms with Gasteiger partial charge in [0.25, 0.3) is 11.6 Å². The molecule has 1 rings (SSSR count). The minimum absolute atomic E-state index is 0.0741. The number of nitro groups is 1. The summed E-state index contributed by atoms with van der Waals surface area (Å²) in [4.78, 5) is 44.7. The van der Waals surface area contributed by atoms with E-state index in [0.29, 0.717) is 0 Å².